The zero-order valence-corrected chi connectivity index (χ0v) is 14.4. The van der Waals surface area contributed by atoms with Gasteiger partial charge in [-0.15, -0.1) is 0 Å². The molecule has 2 heteroatoms. The van der Waals surface area contributed by atoms with E-state index in [9.17, 15) is 0 Å². The Labute approximate surface area is 139 Å². The lowest BCUT2D eigenvalue weighted by molar-refractivity contribution is 0.842. The van der Waals surface area contributed by atoms with Crippen LogP contribution in [0.1, 0.15) is 6.92 Å². The quantitative estimate of drug-likeness (QED) is 0.717. The first kappa shape index (κ1) is 15.9. The first-order valence-electron chi connectivity index (χ1n) is 8.04. The number of hydrogen-bond acceptors (Lipinski definition) is 1. The molecule has 0 aliphatic carbocycles. The van der Waals surface area contributed by atoms with Crippen molar-refractivity contribution in [2.45, 2.75) is 13.0 Å². The van der Waals surface area contributed by atoms with Gasteiger partial charge in [-0.2, -0.15) is 0 Å². The van der Waals surface area contributed by atoms with Gasteiger partial charge in [0.15, 0.2) is 0 Å². The third-order valence-electron chi connectivity index (χ3n) is 4.15. The van der Waals surface area contributed by atoms with Crippen LogP contribution in [0.2, 0.25) is 0 Å². The molecule has 0 saturated heterocycles. The van der Waals surface area contributed by atoms with Crippen LogP contribution in [0, 0.1) is 0 Å². The molecule has 1 nitrogen and oxygen atoms in total. The zero-order valence-electron chi connectivity index (χ0n) is 13.5. The summed E-state index contributed by atoms with van der Waals surface area (Å²) in [5, 5.41) is 4.19. The standard InChI is InChI=1S/C21H23NP/c1-18(22)17-23(19-11-5-2-6-12-19,20-13-7-3-8-14-20)21-15-9-4-10-16-21/h2-16,18H,17,22H2,1H3/q+1. The first-order valence-corrected chi connectivity index (χ1v) is 10.0. The van der Waals surface area contributed by atoms with Gasteiger partial charge in [0.25, 0.3) is 0 Å². The highest BCUT2D eigenvalue weighted by molar-refractivity contribution is 7.95. The average molecular weight is 320 g/mol. The van der Waals surface area contributed by atoms with Gasteiger partial charge < -0.3 is 5.73 Å². The van der Waals surface area contributed by atoms with Gasteiger partial charge in [0, 0.05) is 6.04 Å². The maximum Gasteiger partial charge on any atom is 0.113 e. The van der Waals surface area contributed by atoms with Gasteiger partial charge in [0.2, 0.25) is 0 Å². The summed E-state index contributed by atoms with van der Waals surface area (Å²) in [6.45, 7) is 2.11. The summed E-state index contributed by atoms with van der Waals surface area (Å²) < 4.78 is 0. The van der Waals surface area contributed by atoms with Gasteiger partial charge in [-0.25, -0.2) is 0 Å². The lowest BCUT2D eigenvalue weighted by Gasteiger charge is -2.29. The van der Waals surface area contributed by atoms with E-state index in [0.29, 0.717) is 0 Å². The van der Waals surface area contributed by atoms with E-state index in [1.54, 1.807) is 0 Å². The van der Waals surface area contributed by atoms with Crippen molar-refractivity contribution >= 4 is 23.2 Å². The number of hydrogen-bond donors (Lipinski definition) is 1. The van der Waals surface area contributed by atoms with Gasteiger partial charge >= 0.3 is 0 Å². The molecule has 0 bridgehead atoms. The van der Waals surface area contributed by atoms with Crippen molar-refractivity contribution in [1.29, 1.82) is 0 Å². The highest BCUT2D eigenvalue weighted by Crippen LogP contribution is 2.55. The molecule has 0 aliphatic rings. The molecule has 0 aromatic heterocycles. The topological polar surface area (TPSA) is 26.0 Å². The van der Waals surface area contributed by atoms with Crippen LogP contribution in [0.3, 0.4) is 0 Å². The minimum Gasteiger partial charge on any atom is -0.325 e. The zero-order chi connectivity index (χ0) is 16.1. The Balaban J connectivity index is 2.30. The molecule has 3 rings (SSSR count). The molecule has 0 saturated carbocycles. The summed E-state index contributed by atoms with van der Waals surface area (Å²) in [4.78, 5) is 0. The molecule has 0 heterocycles. The van der Waals surface area contributed by atoms with Crippen LogP contribution in [0.25, 0.3) is 0 Å². The van der Waals surface area contributed by atoms with Crippen molar-refractivity contribution in [3.8, 4) is 0 Å². The molecule has 3 aromatic carbocycles. The van der Waals surface area contributed by atoms with E-state index in [4.69, 9.17) is 5.73 Å². The maximum atomic E-state index is 6.32. The summed E-state index contributed by atoms with van der Waals surface area (Å²) in [6, 6.07) is 32.8. The Morgan fingerprint density at radius 1 is 0.652 bits per heavy atom. The molecule has 0 aliphatic heterocycles. The van der Waals surface area contributed by atoms with Gasteiger partial charge in [0.1, 0.15) is 23.2 Å². The Morgan fingerprint density at radius 2 is 0.957 bits per heavy atom. The van der Waals surface area contributed by atoms with E-state index < -0.39 is 7.26 Å². The van der Waals surface area contributed by atoms with Crippen LogP contribution in [0.15, 0.2) is 91.0 Å². The minimum atomic E-state index is -1.73. The van der Waals surface area contributed by atoms with E-state index in [1.165, 1.54) is 15.9 Å². The second-order valence-corrected chi connectivity index (χ2v) is 9.51. The van der Waals surface area contributed by atoms with E-state index in [1.807, 2.05) is 0 Å². The molecule has 23 heavy (non-hydrogen) atoms. The average Bonchev–Trinajstić information content (AvgIpc) is 2.62. The monoisotopic (exact) mass is 320 g/mol. The molecular weight excluding hydrogens is 297 g/mol. The van der Waals surface area contributed by atoms with Gasteiger partial charge in [0.05, 0.1) is 6.16 Å². The van der Waals surface area contributed by atoms with Crippen LogP contribution in [-0.4, -0.2) is 12.2 Å². The minimum absolute atomic E-state index is 0.143. The van der Waals surface area contributed by atoms with E-state index >= 15 is 0 Å². The van der Waals surface area contributed by atoms with Crippen LogP contribution in [-0.2, 0) is 0 Å². The molecule has 3 aromatic rings. The molecule has 0 radical (unpaired) electrons. The molecule has 0 spiro atoms. The fourth-order valence-electron chi connectivity index (χ4n) is 3.24. The molecule has 0 fully saturated rings. The summed E-state index contributed by atoms with van der Waals surface area (Å²) in [7, 11) is -1.73. The van der Waals surface area contributed by atoms with Crippen LogP contribution < -0.4 is 21.6 Å². The highest BCUT2D eigenvalue weighted by Gasteiger charge is 2.45. The summed E-state index contributed by atoms with van der Waals surface area (Å²) in [5.74, 6) is 0. The number of rotatable bonds is 5. The van der Waals surface area contributed by atoms with E-state index in [2.05, 4.69) is 97.9 Å². The van der Waals surface area contributed by atoms with Crippen molar-refractivity contribution in [3.05, 3.63) is 91.0 Å². The summed E-state index contributed by atoms with van der Waals surface area (Å²) in [5.41, 5.74) is 6.32. The Morgan fingerprint density at radius 3 is 1.22 bits per heavy atom. The van der Waals surface area contributed by atoms with Gasteiger partial charge in [-0.1, -0.05) is 54.6 Å². The van der Waals surface area contributed by atoms with Crippen molar-refractivity contribution in [1.82, 2.24) is 0 Å². The lowest BCUT2D eigenvalue weighted by Crippen LogP contribution is -2.38. The second-order valence-electron chi connectivity index (χ2n) is 5.98. The van der Waals surface area contributed by atoms with E-state index in [0.717, 1.165) is 6.16 Å². The molecule has 1 unspecified atom stereocenters. The lowest BCUT2D eigenvalue weighted by atomic mass is 10.3. The smallest absolute Gasteiger partial charge is 0.113 e. The maximum absolute atomic E-state index is 6.32. The first-order chi connectivity index (χ1) is 11.2. The fourth-order valence-corrected chi connectivity index (χ4v) is 7.68. The third-order valence-corrected chi connectivity index (χ3v) is 8.82. The fraction of sp³-hybridized carbons (Fsp3) is 0.143. The van der Waals surface area contributed by atoms with Crippen molar-refractivity contribution < 1.29 is 0 Å². The largest absolute Gasteiger partial charge is 0.325 e. The summed E-state index contributed by atoms with van der Waals surface area (Å²) >= 11 is 0. The van der Waals surface area contributed by atoms with Gasteiger partial charge in [-0.3, -0.25) is 0 Å². The van der Waals surface area contributed by atoms with E-state index in [-0.39, 0.29) is 6.04 Å². The van der Waals surface area contributed by atoms with Gasteiger partial charge in [-0.05, 0) is 43.3 Å². The SMILES string of the molecule is CC(N)C[P+](c1ccccc1)(c1ccccc1)c1ccccc1. The summed E-state index contributed by atoms with van der Waals surface area (Å²) in [6.07, 6.45) is 0.977. The van der Waals surface area contributed by atoms with Crippen LogP contribution in [0.5, 0.6) is 0 Å². The highest BCUT2D eigenvalue weighted by atomic mass is 31.2. The molecule has 116 valence electrons. The molecule has 0 amide bonds. The second kappa shape index (κ2) is 7.08. The van der Waals surface area contributed by atoms with Crippen molar-refractivity contribution in [2.24, 2.45) is 5.73 Å². The molecule has 1 atom stereocenters. The van der Waals surface area contributed by atoms with Crippen molar-refractivity contribution in [2.75, 3.05) is 6.16 Å². The normalized spacial score (nSPS) is 12.8. The van der Waals surface area contributed by atoms with Crippen LogP contribution >= 0.6 is 7.26 Å². The predicted octanol–water partition coefficient (Wildman–Crippen LogP) is 3.33. The Hall–Kier alpha value is -1.95. The van der Waals surface area contributed by atoms with Crippen LogP contribution in [0.4, 0.5) is 0 Å². The number of benzene rings is 3. The van der Waals surface area contributed by atoms with Crippen molar-refractivity contribution in [3.63, 3.8) is 0 Å². The number of nitrogens with two attached hydrogens (primary N) is 1. The third kappa shape index (κ3) is 3.22. The Kier molecular flexibility index (Phi) is 4.91. The molecular formula is C21H23NP+. The Bertz CT molecular complexity index is 627. The molecule has 2 N–H and O–H groups in total. The predicted molar refractivity (Wildman–Crippen MR) is 104 cm³/mol.